The number of hydrogen-bond acceptors (Lipinski definition) is 2. The minimum absolute atomic E-state index is 0.0428. The summed E-state index contributed by atoms with van der Waals surface area (Å²) in [5, 5.41) is 4.29. The van der Waals surface area contributed by atoms with Crippen LogP contribution in [-0.2, 0) is 24.7 Å². The van der Waals surface area contributed by atoms with Crippen molar-refractivity contribution in [2.24, 2.45) is 18.9 Å². The predicted octanol–water partition coefficient (Wildman–Crippen LogP) is 3.46. The van der Waals surface area contributed by atoms with Gasteiger partial charge >= 0.3 is 6.18 Å². The van der Waals surface area contributed by atoms with Gasteiger partial charge in [-0.15, -0.1) is 0 Å². The molecule has 1 fully saturated rings. The molecule has 3 nitrogen and oxygen atoms in total. The first-order valence-corrected chi connectivity index (χ1v) is 7.42. The fourth-order valence-electron chi connectivity index (χ4n) is 2.98. The first-order chi connectivity index (χ1) is 9.81. The van der Waals surface area contributed by atoms with E-state index in [4.69, 9.17) is 0 Å². The average molecular weight is 302 g/mol. The molecule has 2 rings (SSSR count). The van der Waals surface area contributed by atoms with Crippen LogP contribution in [0.15, 0.2) is 6.07 Å². The van der Waals surface area contributed by atoms with Crippen LogP contribution in [0, 0.1) is 11.8 Å². The Labute approximate surface area is 122 Å². The molecular formula is C15H21F3N2O. The molecular weight excluding hydrogens is 281 g/mol. The Kier molecular flexibility index (Phi) is 4.74. The second-order valence-corrected chi connectivity index (χ2v) is 5.84. The monoisotopic (exact) mass is 302 g/mol. The van der Waals surface area contributed by atoms with Gasteiger partial charge in [0, 0.05) is 25.1 Å². The summed E-state index contributed by atoms with van der Waals surface area (Å²) >= 11 is 0. The maximum atomic E-state index is 12.6. The van der Waals surface area contributed by atoms with E-state index in [1.54, 1.807) is 11.7 Å². The Morgan fingerprint density at radius 1 is 1.33 bits per heavy atom. The van der Waals surface area contributed by atoms with Crippen LogP contribution in [0.1, 0.15) is 44.0 Å². The number of hydrogen-bond donors (Lipinski definition) is 0. The Morgan fingerprint density at radius 2 is 1.95 bits per heavy atom. The van der Waals surface area contributed by atoms with Gasteiger partial charge in [0.15, 0.2) is 0 Å². The highest BCUT2D eigenvalue weighted by Gasteiger charge is 2.42. The van der Waals surface area contributed by atoms with Gasteiger partial charge in [0.1, 0.15) is 5.78 Å². The highest BCUT2D eigenvalue weighted by atomic mass is 19.4. The minimum Gasteiger partial charge on any atom is -0.299 e. The Hall–Kier alpha value is -1.33. The Bertz CT molecular complexity index is 500. The van der Waals surface area contributed by atoms with Crippen molar-refractivity contribution in [3.05, 3.63) is 17.5 Å². The average Bonchev–Trinajstić information content (AvgIpc) is 2.78. The first kappa shape index (κ1) is 16.0. The standard InChI is InChI=1S/C15H21F3N2O/c1-3-12-8-13(20(2)19-12)9-14(21)10-4-6-11(7-5-10)15(16,17)18/h8,10-11H,3-7,9H2,1-2H3. The molecule has 0 spiro atoms. The summed E-state index contributed by atoms with van der Waals surface area (Å²) in [6.07, 6.45) is -2.20. The van der Waals surface area contributed by atoms with E-state index in [9.17, 15) is 18.0 Å². The molecule has 1 aromatic heterocycles. The SMILES string of the molecule is CCc1cc(CC(=O)C2CCC(C(F)(F)F)CC2)n(C)n1. The summed E-state index contributed by atoms with van der Waals surface area (Å²) < 4.78 is 39.5. The third-order valence-corrected chi connectivity index (χ3v) is 4.39. The summed E-state index contributed by atoms with van der Waals surface area (Å²) in [5.41, 5.74) is 1.77. The van der Waals surface area contributed by atoms with Gasteiger partial charge in [0.2, 0.25) is 0 Å². The third-order valence-electron chi connectivity index (χ3n) is 4.39. The van der Waals surface area contributed by atoms with Gasteiger partial charge < -0.3 is 0 Å². The lowest BCUT2D eigenvalue weighted by molar-refractivity contribution is -0.184. The van der Waals surface area contributed by atoms with Gasteiger partial charge in [0.25, 0.3) is 0 Å². The van der Waals surface area contributed by atoms with E-state index < -0.39 is 12.1 Å². The molecule has 1 heterocycles. The molecule has 0 N–H and O–H groups in total. The number of rotatable bonds is 4. The lowest BCUT2D eigenvalue weighted by atomic mass is 9.79. The number of halogens is 3. The van der Waals surface area contributed by atoms with Gasteiger partial charge in [-0.2, -0.15) is 18.3 Å². The van der Waals surface area contributed by atoms with E-state index in [2.05, 4.69) is 5.10 Å². The van der Waals surface area contributed by atoms with Crippen molar-refractivity contribution in [2.75, 3.05) is 0 Å². The number of aryl methyl sites for hydroxylation is 2. The molecule has 0 bridgehead atoms. The Balaban J connectivity index is 1.92. The van der Waals surface area contributed by atoms with E-state index in [1.807, 2.05) is 13.0 Å². The highest BCUT2D eigenvalue weighted by Crippen LogP contribution is 2.39. The van der Waals surface area contributed by atoms with Crippen LogP contribution in [-0.4, -0.2) is 21.7 Å². The molecule has 6 heteroatoms. The summed E-state index contributed by atoms with van der Waals surface area (Å²) in [4.78, 5) is 12.3. The second kappa shape index (κ2) is 6.20. The smallest absolute Gasteiger partial charge is 0.299 e. The van der Waals surface area contributed by atoms with E-state index in [0.717, 1.165) is 17.8 Å². The normalized spacial score (nSPS) is 23.3. The lowest BCUT2D eigenvalue weighted by Gasteiger charge is -2.29. The number of ketones is 1. The van der Waals surface area contributed by atoms with Crippen molar-refractivity contribution in [3.8, 4) is 0 Å². The summed E-state index contributed by atoms with van der Waals surface area (Å²) in [5.74, 6) is -1.42. The quantitative estimate of drug-likeness (QED) is 0.853. The van der Waals surface area contributed by atoms with E-state index in [1.165, 1.54) is 0 Å². The zero-order valence-corrected chi connectivity index (χ0v) is 12.4. The third kappa shape index (κ3) is 3.86. The van der Waals surface area contributed by atoms with Crippen LogP contribution in [0.5, 0.6) is 0 Å². The van der Waals surface area contributed by atoms with Gasteiger partial charge in [-0.05, 0) is 38.2 Å². The number of nitrogens with zero attached hydrogens (tertiary/aromatic N) is 2. The van der Waals surface area contributed by atoms with E-state index in [-0.39, 0.29) is 31.0 Å². The minimum atomic E-state index is -4.12. The van der Waals surface area contributed by atoms with E-state index in [0.29, 0.717) is 12.8 Å². The molecule has 1 saturated carbocycles. The van der Waals surface area contributed by atoms with Gasteiger partial charge in [0.05, 0.1) is 11.6 Å². The largest absolute Gasteiger partial charge is 0.391 e. The maximum Gasteiger partial charge on any atom is 0.391 e. The molecule has 0 saturated heterocycles. The first-order valence-electron chi connectivity index (χ1n) is 7.42. The van der Waals surface area contributed by atoms with Crippen molar-refractivity contribution >= 4 is 5.78 Å². The topological polar surface area (TPSA) is 34.9 Å². The highest BCUT2D eigenvalue weighted by molar-refractivity contribution is 5.83. The predicted molar refractivity (Wildman–Crippen MR) is 72.8 cm³/mol. The lowest BCUT2D eigenvalue weighted by Crippen LogP contribution is -2.31. The zero-order valence-electron chi connectivity index (χ0n) is 12.4. The molecule has 0 amide bonds. The molecule has 0 aliphatic heterocycles. The van der Waals surface area contributed by atoms with Crippen molar-refractivity contribution in [1.82, 2.24) is 9.78 Å². The molecule has 118 valence electrons. The van der Waals surface area contributed by atoms with Crippen molar-refractivity contribution in [2.45, 2.75) is 51.6 Å². The fourth-order valence-corrected chi connectivity index (χ4v) is 2.98. The van der Waals surface area contributed by atoms with Gasteiger partial charge in [-0.3, -0.25) is 9.48 Å². The molecule has 1 aliphatic carbocycles. The number of alkyl halides is 3. The summed E-state index contributed by atoms with van der Waals surface area (Å²) in [6, 6.07) is 1.90. The maximum absolute atomic E-state index is 12.6. The molecule has 0 atom stereocenters. The molecule has 21 heavy (non-hydrogen) atoms. The van der Waals surface area contributed by atoms with Crippen LogP contribution in [0.25, 0.3) is 0 Å². The van der Waals surface area contributed by atoms with Crippen LogP contribution >= 0.6 is 0 Å². The van der Waals surface area contributed by atoms with Crippen LogP contribution in [0.4, 0.5) is 13.2 Å². The summed E-state index contributed by atoms with van der Waals surface area (Å²) in [7, 11) is 1.79. The molecule has 0 aromatic carbocycles. The van der Waals surface area contributed by atoms with Gasteiger partial charge in [-0.1, -0.05) is 6.92 Å². The number of carbonyl (C=O) groups excluding carboxylic acids is 1. The van der Waals surface area contributed by atoms with Crippen LogP contribution in [0.3, 0.4) is 0 Å². The number of aromatic nitrogens is 2. The van der Waals surface area contributed by atoms with E-state index >= 15 is 0 Å². The molecule has 0 radical (unpaired) electrons. The number of Topliss-reactive ketones (excluding diaryl/α,β-unsaturated/α-hetero) is 1. The zero-order chi connectivity index (χ0) is 15.6. The second-order valence-electron chi connectivity index (χ2n) is 5.84. The number of carbonyl (C=O) groups is 1. The molecule has 0 unspecified atom stereocenters. The van der Waals surface area contributed by atoms with Crippen molar-refractivity contribution in [1.29, 1.82) is 0 Å². The van der Waals surface area contributed by atoms with Crippen molar-refractivity contribution in [3.63, 3.8) is 0 Å². The molecule has 1 aliphatic rings. The molecule has 1 aromatic rings. The van der Waals surface area contributed by atoms with Gasteiger partial charge in [-0.25, -0.2) is 0 Å². The summed E-state index contributed by atoms with van der Waals surface area (Å²) in [6.45, 7) is 1.99. The fraction of sp³-hybridized carbons (Fsp3) is 0.733. The Morgan fingerprint density at radius 3 is 2.43 bits per heavy atom. The van der Waals surface area contributed by atoms with Crippen LogP contribution in [0.2, 0.25) is 0 Å². The van der Waals surface area contributed by atoms with Crippen molar-refractivity contribution < 1.29 is 18.0 Å². The van der Waals surface area contributed by atoms with Crippen LogP contribution < -0.4 is 0 Å².